The normalized spacial score (nSPS) is 15.1. The third-order valence-corrected chi connectivity index (χ3v) is 10.7. The molecule has 1 fully saturated rings. The van der Waals surface area contributed by atoms with Gasteiger partial charge in [0.05, 0.1) is 34.6 Å². The Kier molecular flexibility index (Phi) is 7.53. The van der Waals surface area contributed by atoms with E-state index in [1.165, 1.54) is 6.07 Å². The number of carbonyl (C=O) groups excluding carboxylic acids is 1. The van der Waals surface area contributed by atoms with Crippen molar-refractivity contribution in [3.05, 3.63) is 75.8 Å². The van der Waals surface area contributed by atoms with Crippen molar-refractivity contribution in [3.63, 3.8) is 0 Å². The summed E-state index contributed by atoms with van der Waals surface area (Å²) in [5, 5.41) is 8.52. The zero-order valence-electron chi connectivity index (χ0n) is 21.4. The summed E-state index contributed by atoms with van der Waals surface area (Å²) in [6.07, 6.45) is 4.08. The minimum Gasteiger partial charge on any atom is -0.496 e. The Bertz CT molecular complexity index is 1590. The smallest absolute Gasteiger partial charge is 0.226 e. The average molecular weight is 572 g/mol. The van der Waals surface area contributed by atoms with Gasteiger partial charge in [-0.2, -0.15) is 5.10 Å². The van der Waals surface area contributed by atoms with E-state index in [0.29, 0.717) is 34.3 Å². The molecule has 0 bridgehead atoms. The average Bonchev–Trinajstić information content (AvgIpc) is 3.63. The van der Waals surface area contributed by atoms with Gasteiger partial charge < -0.3 is 10.1 Å². The van der Waals surface area contributed by atoms with Crippen molar-refractivity contribution in [2.45, 2.75) is 55.7 Å². The minimum atomic E-state index is -3.64. The van der Waals surface area contributed by atoms with Crippen LogP contribution < -0.4 is 10.1 Å². The lowest BCUT2D eigenvalue weighted by Gasteiger charge is -2.22. The fraction of sp³-hybridized carbons (Fsp3) is 0.357. The van der Waals surface area contributed by atoms with Gasteiger partial charge >= 0.3 is 0 Å². The Hall–Kier alpha value is -2.88. The van der Waals surface area contributed by atoms with Crippen LogP contribution in [0.1, 0.15) is 49.4 Å². The van der Waals surface area contributed by atoms with Crippen LogP contribution in [0.5, 0.6) is 5.75 Å². The van der Waals surface area contributed by atoms with Gasteiger partial charge in [0, 0.05) is 12.0 Å². The summed E-state index contributed by atoms with van der Waals surface area (Å²) in [4.78, 5) is 12.8. The molecule has 0 radical (unpaired) electrons. The van der Waals surface area contributed by atoms with Crippen molar-refractivity contribution in [2.75, 3.05) is 7.11 Å². The topological polar surface area (TPSA) is 90.3 Å². The summed E-state index contributed by atoms with van der Waals surface area (Å²) >= 11 is 7.03. The number of nitrogens with zero attached hydrogens (tertiary/aromatic N) is 2. The molecule has 1 N–H and O–H groups in total. The molecule has 0 saturated heterocycles. The lowest BCUT2D eigenvalue weighted by atomic mass is 9.88. The molecule has 1 saturated carbocycles. The van der Waals surface area contributed by atoms with Crippen LogP contribution in [0.15, 0.2) is 58.8 Å². The van der Waals surface area contributed by atoms with Gasteiger partial charge in [-0.05, 0) is 48.2 Å². The van der Waals surface area contributed by atoms with E-state index in [1.807, 2.05) is 37.3 Å². The monoisotopic (exact) mass is 571 g/mol. The summed E-state index contributed by atoms with van der Waals surface area (Å²) in [6.45, 7) is 2.95. The van der Waals surface area contributed by atoms with Crippen LogP contribution in [0.25, 0.3) is 10.9 Å². The van der Waals surface area contributed by atoms with Crippen molar-refractivity contribution in [1.29, 1.82) is 0 Å². The highest BCUT2D eigenvalue weighted by Gasteiger charge is 2.35. The van der Waals surface area contributed by atoms with E-state index in [2.05, 4.69) is 11.4 Å². The van der Waals surface area contributed by atoms with Crippen molar-refractivity contribution in [1.82, 2.24) is 15.1 Å². The quantitative estimate of drug-likeness (QED) is 0.267. The van der Waals surface area contributed by atoms with Crippen LogP contribution in [0, 0.1) is 5.41 Å². The molecule has 1 amide bonds. The molecule has 5 rings (SSSR count). The highest BCUT2D eigenvalue weighted by molar-refractivity contribution is 7.92. The fourth-order valence-electron chi connectivity index (χ4n) is 5.17. The number of ether oxygens (including phenoxy) is 1. The summed E-state index contributed by atoms with van der Waals surface area (Å²) in [6, 6.07) is 16.7. The minimum absolute atomic E-state index is 0.114. The van der Waals surface area contributed by atoms with Gasteiger partial charge in [0.15, 0.2) is 9.84 Å². The number of hydrogen-bond donors (Lipinski definition) is 1. The molecule has 0 unspecified atom stereocenters. The molecule has 10 heteroatoms. The number of carbonyl (C=O) groups is 1. The van der Waals surface area contributed by atoms with Crippen LogP contribution in [0.2, 0.25) is 4.34 Å². The van der Waals surface area contributed by atoms with Gasteiger partial charge in [0.1, 0.15) is 15.7 Å². The van der Waals surface area contributed by atoms with Gasteiger partial charge in [-0.1, -0.05) is 61.7 Å². The van der Waals surface area contributed by atoms with E-state index in [0.717, 1.165) is 53.7 Å². The molecule has 1 aliphatic rings. The first kappa shape index (κ1) is 26.7. The molecule has 0 spiro atoms. The molecule has 200 valence electrons. The molecule has 7 nitrogen and oxygen atoms in total. The van der Waals surface area contributed by atoms with E-state index in [1.54, 1.807) is 23.9 Å². The molecule has 38 heavy (non-hydrogen) atoms. The maximum atomic E-state index is 13.1. The highest BCUT2D eigenvalue weighted by atomic mass is 35.5. The number of methoxy groups -OCH3 is 1. The van der Waals surface area contributed by atoms with Crippen molar-refractivity contribution < 1.29 is 17.9 Å². The second-order valence-electron chi connectivity index (χ2n) is 10.0. The predicted octanol–water partition coefficient (Wildman–Crippen LogP) is 5.98. The molecule has 2 aromatic carbocycles. The first-order valence-corrected chi connectivity index (χ1v) is 15.4. The fourth-order valence-corrected chi connectivity index (χ4v) is 8.02. The standard InChI is InChI=1S/C28H30ClN3O4S2/c1-28(13-3-4-14-28)27(33)30-16-19-7-5-8-20(15-19)17-32-22-9-6-10-23(36-2)26(22)21(31-32)18-38(34,35)25-12-11-24(29)37-25/h5-12,15H,3-4,13-14,16-18H2,1-2H3,(H,30,33). The largest absolute Gasteiger partial charge is 0.496 e. The Labute approximate surface area is 231 Å². The number of thiophene rings is 1. The molecular weight excluding hydrogens is 542 g/mol. The Morgan fingerprint density at radius 3 is 2.58 bits per heavy atom. The Balaban J connectivity index is 1.41. The first-order valence-electron chi connectivity index (χ1n) is 12.6. The molecule has 2 aromatic heterocycles. The van der Waals surface area contributed by atoms with Gasteiger partial charge in [0.25, 0.3) is 0 Å². The number of nitrogens with one attached hydrogen (secondary N) is 1. The number of aromatic nitrogens is 2. The zero-order chi connectivity index (χ0) is 26.9. The SMILES string of the molecule is COc1cccc2c1c(CS(=O)(=O)c1ccc(Cl)s1)nn2Cc1cccc(CNC(=O)C2(C)CCCC2)c1. The second kappa shape index (κ2) is 10.7. The van der Waals surface area contributed by atoms with Gasteiger partial charge in [0.2, 0.25) is 5.91 Å². The van der Waals surface area contributed by atoms with E-state index in [9.17, 15) is 13.2 Å². The third-order valence-electron chi connectivity index (χ3n) is 7.25. The Morgan fingerprint density at radius 1 is 1.13 bits per heavy atom. The van der Waals surface area contributed by atoms with E-state index in [-0.39, 0.29) is 21.3 Å². The van der Waals surface area contributed by atoms with Crippen LogP contribution >= 0.6 is 22.9 Å². The molecule has 0 aliphatic heterocycles. The number of sulfone groups is 1. The number of rotatable bonds is 9. The van der Waals surface area contributed by atoms with Crippen LogP contribution in [-0.4, -0.2) is 31.2 Å². The van der Waals surface area contributed by atoms with Crippen molar-refractivity contribution in [3.8, 4) is 5.75 Å². The molecular formula is C28H30ClN3O4S2. The van der Waals surface area contributed by atoms with Crippen LogP contribution in [0.4, 0.5) is 0 Å². The number of fused-ring (bicyclic) bond motifs is 1. The molecule has 1 aliphatic carbocycles. The van der Waals surface area contributed by atoms with Gasteiger partial charge in [-0.25, -0.2) is 8.42 Å². The number of amides is 1. The zero-order valence-corrected chi connectivity index (χ0v) is 23.8. The number of benzene rings is 2. The van der Waals surface area contributed by atoms with E-state index >= 15 is 0 Å². The second-order valence-corrected chi connectivity index (χ2v) is 14.0. The number of halogens is 1. The molecule has 4 aromatic rings. The third kappa shape index (κ3) is 5.46. The van der Waals surface area contributed by atoms with Crippen molar-refractivity contribution in [2.24, 2.45) is 5.41 Å². The Morgan fingerprint density at radius 2 is 1.87 bits per heavy atom. The van der Waals surface area contributed by atoms with E-state index < -0.39 is 9.84 Å². The lowest BCUT2D eigenvalue weighted by molar-refractivity contribution is -0.130. The first-order chi connectivity index (χ1) is 18.2. The lowest BCUT2D eigenvalue weighted by Crippen LogP contribution is -2.36. The molecule has 0 atom stereocenters. The summed E-state index contributed by atoms with van der Waals surface area (Å²) in [7, 11) is -2.08. The van der Waals surface area contributed by atoms with Crippen LogP contribution in [0.3, 0.4) is 0 Å². The maximum absolute atomic E-state index is 13.1. The van der Waals surface area contributed by atoms with Gasteiger partial charge in [-0.15, -0.1) is 11.3 Å². The highest BCUT2D eigenvalue weighted by Crippen LogP contribution is 2.38. The number of hydrogen-bond acceptors (Lipinski definition) is 6. The predicted molar refractivity (Wildman–Crippen MR) is 150 cm³/mol. The van der Waals surface area contributed by atoms with Gasteiger partial charge in [-0.3, -0.25) is 9.48 Å². The molecule has 2 heterocycles. The van der Waals surface area contributed by atoms with Crippen molar-refractivity contribution >= 4 is 49.6 Å². The summed E-state index contributed by atoms with van der Waals surface area (Å²) in [5.41, 5.74) is 2.94. The summed E-state index contributed by atoms with van der Waals surface area (Å²) in [5.74, 6) is 0.418. The summed E-state index contributed by atoms with van der Waals surface area (Å²) < 4.78 is 34.3. The van der Waals surface area contributed by atoms with Crippen LogP contribution in [-0.2, 0) is 33.5 Å². The maximum Gasteiger partial charge on any atom is 0.226 e. The van der Waals surface area contributed by atoms with E-state index in [4.69, 9.17) is 21.4 Å².